The molecule has 27 heavy (non-hydrogen) atoms. The average molecular weight is 396 g/mol. The summed E-state index contributed by atoms with van der Waals surface area (Å²) in [5.74, 6) is 1.69. The van der Waals surface area contributed by atoms with E-state index in [4.69, 9.17) is 0 Å². The first-order chi connectivity index (χ1) is 12.9. The molecular formula is C19H16N4O2S2. The van der Waals surface area contributed by atoms with Crippen LogP contribution >= 0.6 is 23.1 Å². The Morgan fingerprint density at radius 1 is 1.19 bits per heavy atom. The number of carbonyl (C=O) groups is 1. The van der Waals surface area contributed by atoms with Crippen LogP contribution in [-0.4, -0.2) is 25.7 Å². The minimum atomic E-state index is -0.208. The standard InChI is InChI=1S/C19H16N4O2S2/c1-9-15-17(25)22-14(23-19(15)27-16(9)10(2)24)8-26-18-12-6-4-5-7-13(12)20-11(3)21-18/h4-7H,8H2,1-3H3,(H,22,23,25). The smallest absolute Gasteiger partial charge is 0.259 e. The average Bonchev–Trinajstić information content (AvgIpc) is 2.97. The summed E-state index contributed by atoms with van der Waals surface area (Å²) in [5.41, 5.74) is 1.39. The largest absolute Gasteiger partial charge is 0.309 e. The highest BCUT2D eigenvalue weighted by Gasteiger charge is 2.17. The monoisotopic (exact) mass is 396 g/mol. The van der Waals surface area contributed by atoms with E-state index >= 15 is 0 Å². The topological polar surface area (TPSA) is 88.6 Å². The maximum absolute atomic E-state index is 12.5. The van der Waals surface area contributed by atoms with Gasteiger partial charge in [-0.15, -0.1) is 11.3 Å². The van der Waals surface area contributed by atoms with Crippen LogP contribution in [0, 0.1) is 13.8 Å². The molecule has 0 saturated heterocycles. The van der Waals surface area contributed by atoms with Gasteiger partial charge in [0.1, 0.15) is 21.5 Å². The van der Waals surface area contributed by atoms with Crippen LogP contribution in [-0.2, 0) is 5.75 Å². The Hall–Kier alpha value is -2.58. The molecule has 4 rings (SSSR count). The number of H-pyrrole nitrogens is 1. The second-order valence-electron chi connectivity index (χ2n) is 6.19. The van der Waals surface area contributed by atoms with E-state index in [1.54, 1.807) is 6.92 Å². The van der Waals surface area contributed by atoms with E-state index in [1.807, 2.05) is 31.2 Å². The van der Waals surface area contributed by atoms with Gasteiger partial charge < -0.3 is 4.98 Å². The molecule has 0 aliphatic carbocycles. The fraction of sp³-hybridized carbons (Fsp3) is 0.211. The first kappa shape index (κ1) is 17.8. The number of aromatic amines is 1. The van der Waals surface area contributed by atoms with Crippen LogP contribution in [0.4, 0.5) is 0 Å². The van der Waals surface area contributed by atoms with Crippen molar-refractivity contribution < 1.29 is 4.79 Å². The lowest BCUT2D eigenvalue weighted by Gasteiger charge is -2.06. The molecule has 0 spiro atoms. The van der Waals surface area contributed by atoms with E-state index in [9.17, 15) is 9.59 Å². The lowest BCUT2D eigenvalue weighted by Crippen LogP contribution is -2.11. The Labute approximate surface area is 163 Å². The molecule has 4 aromatic rings. The number of aryl methyl sites for hydroxylation is 2. The Bertz CT molecular complexity index is 1260. The SMILES string of the molecule is CC(=O)c1sc2nc(CSc3nc(C)nc4ccccc34)[nH]c(=O)c2c1C. The van der Waals surface area contributed by atoms with Crippen LogP contribution in [0.2, 0.25) is 0 Å². The Morgan fingerprint density at radius 2 is 1.96 bits per heavy atom. The highest BCUT2D eigenvalue weighted by Crippen LogP contribution is 2.30. The molecule has 0 aliphatic rings. The molecular weight excluding hydrogens is 380 g/mol. The summed E-state index contributed by atoms with van der Waals surface area (Å²) in [5, 5.41) is 2.33. The van der Waals surface area contributed by atoms with Gasteiger partial charge in [-0.3, -0.25) is 9.59 Å². The first-order valence-electron chi connectivity index (χ1n) is 8.33. The molecule has 0 atom stereocenters. The van der Waals surface area contributed by atoms with Gasteiger partial charge in [0.25, 0.3) is 5.56 Å². The molecule has 6 nitrogen and oxygen atoms in total. The van der Waals surface area contributed by atoms with Crippen molar-refractivity contribution in [3.8, 4) is 0 Å². The number of benzene rings is 1. The zero-order valence-electron chi connectivity index (χ0n) is 15.0. The predicted octanol–water partition coefficient (Wildman–Crippen LogP) is 4.04. The lowest BCUT2D eigenvalue weighted by molar-refractivity contribution is 0.102. The molecule has 0 amide bonds. The molecule has 136 valence electrons. The number of rotatable bonds is 4. The molecule has 1 N–H and O–H groups in total. The summed E-state index contributed by atoms with van der Waals surface area (Å²) >= 11 is 2.78. The van der Waals surface area contributed by atoms with Crippen molar-refractivity contribution in [1.29, 1.82) is 0 Å². The first-order valence-corrected chi connectivity index (χ1v) is 10.1. The van der Waals surface area contributed by atoms with Gasteiger partial charge in [0.2, 0.25) is 0 Å². The van der Waals surface area contributed by atoms with Gasteiger partial charge in [-0.1, -0.05) is 30.0 Å². The minimum absolute atomic E-state index is 0.0474. The molecule has 0 radical (unpaired) electrons. The summed E-state index contributed by atoms with van der Waals surface area (Å²) in [6.07, 6.45) is 0. The summed E-state index contributed by atoms with van der Waals surface area (Å²) in [7, 11) is 0. The molecule has 3 heterocycles. The van der Waals surface area contributed by atoms with Gasteiger partial charge in [0.15, 0.2) is 5.78 Å². The molecule has 0 saturated carbocycles. The predicted molar refractivity (Wildman–Crippen MR) is 109 cm³/mol. The van der Waals surface area contributed by atoms with Crippen molar-refractivity contribution >= 4 is 50.0 Å². The van der Waals surface area contributed by atoms with E-state index in [2.05, 4.69) is 19.9 Å². The number of Topliss-reactive ketones (excluding diaryl/α,β-unsaturated/α-hetero) is 1. The van der Waals surface area contributed by atoms with Crippen molar-refractivity contribution in [3.05, 3.63) is 56.7 Å². The van der Waals surface area contributed by atoms with E-state index in [0.29, 0.717) is 38.1 Å². The number of aromatic nitrogens is 4. The van der Waals surface area contributed by atoms with E-state index < -0.39 is 0 Å². The molecule has 0 bridgehead atoms. The third kappa shape index (κ3) is 3.26. The fourth-order valence-electron chi connectivity index (χ4n) is 3.00. The van der Waals surface area contributed by atoms with Crippen molar-refractivity contribution in [1.82, 2.24) is 19.9 Å². The maximum atomic E-state index is 12.5. The zero-order valence-corrected chi connectivity index (χ0v) is 16.6. The number of thiophene rings is 1. The van der Waals surface area contributed by atoms with Crippen molar-refractivity contribution in [3.63, 3.8) is 0 Å². The minimum Gasteiger partial charge on any atom is -0.309 e. The van der Waals surface area contributed by atoms with Gasteiger partial charge >= 0.3 is 0 Å². The van der Waals surface area contributed by atoms with Crippen LogP contribution in [0.1, 0.15) is 33.8 Å². The number of nitrogens with zero attached hydrogens (tertiary/aromatic N) is 3. The summed E-state index contributed by atoms with van der Waals surface area (Å²) in [4.78, 5) is 41.8. The number of para-hydroxylation sites is 1. The molecule has 0 aliphatic heterocycles. The van der Waals surface area contributed by atoms with Crippen LogP contribution < -0.4 is 5.56 Å². The molecule has 8 heteroatoms. The van der Waals surface area contributed by atoms with Crippen LogP contribution in [0.5, 0.6) is 0 Å². The van der Waals surface area contributed by atoms with E-state index in [1.165, 1.54) is 30.0 Å². The quantitative estimate of drug-likeness (QED) is 0.318. The number of fused-ring (bicyclic) bond motifs is 2. The molecule has 0 fully saturated rings. The second-order valence-corrected chi connectivity index (χ2v) is 8.15. The number of thioether (sulfide) groups is 1. The van der Waals surface area contributed by atoms with Gasteiger partial charge in [0.05, 0.1) is 21.5 Å². The van der Waals surface area contributed by atoms with Crippen LogP contribution in [0.3, 0.4) is 0 Å². The number of hydrogen-bond donors (Lipinski definition) is 1. The number of nitrogens with one attached hydrogen (secondary N) is 1. The Balaban J connectivity index is 1.71. The number of ketones is 1. The van der Waals surface area contributed by atoms with E-state index in [-0.39, 0.29) is 11.3 Å². The van der Waals surface area contributed by atoms with Crippen LogP contribution in [0.15, 0.2) is 34.1 Å². The van der Waals surface area contributed by atoms with E-state index in [0.717, 1.165) is 15.9 Å². The highest BCUT2D eigenvalue weighted by molar-refractivity contribution is 7.98. The summed E-state index contributed by atoms with van der Waals surface area (Å²) in [6.45, 7) is 5.16. The third-order valence-corrected chi connectivity index (χ3v) is 6.48. The third-order valence-electron chi connectivity index (χ3n) is 4.20. The molecule has 0 unspecified atom stereocenters. The lowest BCUT2D eigenvalue weighted by atomic mass is 10.2. The van der Waals surface area contributed by atoms with Gasteiger partial charge in [-0.2, -0.15) is 0 Å². The van der Waals surface area contributed by atoms with Crippen molar-refractivity contribution in [2.24, 2.45) is 0 Å². The van der Waals surface area contributed by atoms with Gasteiger partial charge in [0, 0.05) is 5.39 Å². The molecule has 1 aromatic carbocycles. The van der Waals surface area contributed by atoms with Crippen molar-refractivity contribution in [2.45, 2.75) is 31.6 Å². The number of carbonyl (C=O) groups excluding carboxylic acids is 1. The summed E-state index contributed by atoms with van der Waals surface area (Å²) in [6, 6.07) is 7.84. The Kier molecular flexibility index (Phi) is 4.53. The zero-order chi connectivity index (χ0) is 19.1. The number of hydrogen-bond acceptors (Lipinski definition) is 7. The normalized spacial score (nSPS) is 11.4. The Morgan fingerprint density at radius 3 is 2.74 bits per heavy atom. The maximum Gasteiger partial charge on any atom is 0.259 e. The highest BCUT2D eigenvalue weighted by atomic mass is 32.2. The van der Waals surface area contributed by atoms with Crippen LogP contribution in [0.25, 0.3) is 21.1 Å². The molecule has 3 aromatic heterocycles. The second kappa shape index (κ2) is 6.86. The summed E-state index contributed by atoms with van der Waals surface area (Å²) < 4.78 is 0. The fourth-order valence-corrected chi connectivity index (χ4v) is 5.03. The van der Waals surface area contributed by atoms with Gasteiger partial charge in [-0.05, 0) is 32.4 Å². The van der Waals surface area contributed by atoms with Crippen molar-refractivity contribution in [2.75, 3.05) is 0 Å². The van der Waals surface area contributed by atoms with Gasteiger partial charge in [-0.25, -0.2) is 15.0 Å².